The third kappa shape index (κ3) is 3.06. The molecule has 0 spiro atoms. The molecule has 5 heteroatoms. The number of aryl methyl sites for hydroxylation is 1. The van der Waals surface area contributed by atoms with E-state index in [9.17, 15) is 4.79 Å². The van der Waals surface area contributed by atoms with Crippen molar-refractivity contribution in [3.8, 4) is 21.9 Å². The molecule has 0 aliphatic carbocycles. The smallest absolute Gasteiger partial charge is 0.348 e. The molecule has 0 saturated carbocycles. The van der Waals surface area contributed by atoms with Gasteiger partial charge < -0.3 is 14.2 Å². The van der Waals surface area contributed by atoms with Crippen molar-refractivity contribution in [2.45, 2.75) is 20.1 Å². The van der Waals surface area contributed by atoms with Crippen LogP contribution in [0.2, 0.25) is 0 Å². The van der Waals surface area contributed by atoms with Gasteiger partial charge in [0.15, 0.2) is 0 Å². The Kier molecular flexibility index (Phi) is 4.39. The van der Waals surface area contributed by atoms with E-state index in [1.54, 1.807) is 7.11 Å². The molecule has 2 aromatic carbocycles. The van der Waals surface area contributed by atoms with Gasteiger partial charge in [0, 0.05) is 21.6 Å². The predicted octanol–water partition coefficient (Wildman–Crippen LogP) is 4.98. The maximum Gasteiger partial charge on any atom is 0.348 e. The number of hydrogen-bond donors (Lipinski definition) is 0. The van der Waals surface area contributed by atoms with E-state index in [0.717, 1.165) is 38.6 Å². The summed E-state index contributed by atoms with van der Waals surface area (Å²) >= 11 is 1.45. The molecule has 1 aliphatic rings. The van der Waals surface area contributed by atoms with Crippen LogP contribution in [0, 0.1) is 6.92 Å². The van der Waals surface area contributed by atoms with Gasteiger partial charge in [-0.15, -0.1) is 11.3 Å². The quantitative estimate of drug-likeness (QED) is 0.611. The van der Waals surface area contributed by atoms with E-state index in [0.29, 0.717) is 11.5 Å². The van der Waals surface area contributed by atoms with Crippen LogP contribution < -0.4 is 9.47 Å². The number of fused-ring (bicyclic) bond motifs is 3. The highest BCUT2D eigenvalue weighted by Gasteiger charge is 2.23. The molecule has 3 aromatic rings. The highest BCUT2D eigenvalue weighted by Crippen LogP contribution is 2.42. The molecule has 0 N–H and O–H groups in total. The number of para-hydroxylation sites is 1. The zero-order valence-electron chi connectivity index (χ0n) is 14.6. The van der Waals surface area contributed by atoms with Crippen LogP contribution in [-0.4, -0.2) is 13.1 Å². The van der Waals surface area contributed by atoms with Crippen molar-refractivity contribution in [1.82, 2.24) is 0 Å². The van der Waals surface area contributed by atoms with E-state index in [1.807, 2.05) is 55.5 Å². The highest BCUT2D eigenvalue weighted by molar-refractivity contribution is 7.17. The lowest BCUT2D eigenvalue weighted by atomic mass is 10.1. The van der Waals surface area contributed by atoms with E-state index in [-0.39, 0.29) is 12.6 Å². The van der Waals surface area contributed by atoms with Gasteiger partial charge in [-0.05, 0) is 37.3 Å². The van der Waals surface area contributed by atoms with Gasteiger partial charge in [-0.2, -0.15) is 0 Å². The average molecular weight is 366 g/mol. The van der Waals surface area contributed by atoms with Crippen molar-refractivity contribution in [3.05, 3.63) is 70.1 Å². The van der Waals surface area contributed by atoms with Crippen molar-refractivity contribution in [3.63, 3.8) is 0 Å². The van der Waals surface area contributed by atoms with Gasteiger partial charge in [0.1, 0.15) is 29.6 Å². The molecule has 0 amide bonds. The molecule has 1 aromatic heterocycles. The van der Waals surface area contributed by atoms with E-state index >= 15 is 0 Å². The van der Waals surface area contributed by atoms with Crippen LogP contribution in [0.15, 0.2) is 48.5 Å². The lowest BCUT2D eigenvalue weighted by Gasteiger charge is -2.16. The van der Waals surface area contributed by atoms with E-state index in [1.165, 1.54) is 11.3 Å². The minimum Gasteiger partial charge on any atom is -0.496 e. The van der Waals surface area contributed by atoms with Gasteiger partial charge in [0.25, 0.3) is 0 Å². The summed E-state index contributed by atoms with van der Waals surface area (Å²) in [6, 6.07) is 15.6. The first-order valence-electron chi connectivity index (χ1n) is 8.31. The molecule has 132 valence electrons. The number of ether oxygens (including phenoxy) is 3. The Hall–Kier alpha value is -2.79. The van der Waals surface area contributed by atoms with Gasteiger partial charge in [0.2, 0.25) is 0 Å². The van der Waals surface area contributed by atoms with Crippen LogP contribution in [0.4, 0.5) is 0 Å². The van der Waals surface area contributed by atoms with Gasteiger partial charge in [-0.1, -0.05) is 23.8 Å². The third-order valence-electron chi connectivity index (χ3n) is 4.32. The lowest BCUT2D eigenvalue weighted by molar-refractivity contribution is 0.0476. The molecule has 0 radical (unpaired) electrons. The fourth-order valence-electron chi connectivity index (χ4n) is 3.03. The van der Waals surface area contributed by atoms with Crippen LogP contribution in [0.3, 0.4) is 0 Å². The van der Waals surface area contributed by atoms with E-state index in [4.69, 9.17) is 14.2 Å². The largest absolute Gasteiger partial charge is 0.496 e. The summed E-state index contributed by atoms with van der Waals surface area (Å²) < 4.78 is 16.6. The van der Waals surface area contributed by atoms with Gasteiger partial charge in [0.05, 0.1) is 7.11 Å². The molecular weight excluding hydrogens is 348 g/mol. The van der Waals surface area contributed by atoms with Crippen LogP contribution in [0.25, 0.3) is 10.4 Å². The topological polar surface area (TPSA) is 44.8 Å². The molecule has 4 rings (SSSR count). The predicted molar refractivity (Wildman–Crippen MR) is 101 cm³/mol. The molecule has 0 atom stereocenters. The third-order valence-corrected chi connectivity index (χ3v) is 5.51. The maximum absolute atomic E-state index is 12.5. The minimum atomic E-state index is -0.328. The summed E-state index contributed by atoms with van der Waals surface area (Å²) in [5, 5.41) is 0. The van der Waals surface area contributed by atoms with Crippen LogP contribution in [0.1, 0.15) is 26.4 Å². The fourth-order valence-corrected chi connectivity index (χ4v) is 4.13. The molecule has 26 heavy (non-hydrogen) atoms. The minimum absolute atomic E-state index is 0.180. The van der Waals surface area contributed by atoms with Crippen molar-refractivity contribution in [1.29, 1.82) is 0 Å². The molecule has 0 bridgehead atoms. The first-order valence-corrected chi connectivity index (χ1v) is 9.13. The number of carbonyl (C=O) groups excluding carboxylic acids is 1. The van der Waals surface area contributed by atoms with Crippen molar-refractivity contribution in [2.24, 2.45) is 0 Å². The number of methoxy groups -OCH3 is 1. The molecule has 0 fully saturated rings. The molecule has 4 nitrogen and oxygen atoms in total. The summed E-state index contributed by atoms with van der Waals surface area (Å²) in [7, 11) is 1.61. The standard InChI is InChI=1S/C21H18O4S/c1-13-7-8-17(23-2)14(9-13)11-25-21(22)19-10-15-12-24-18-6-4-3-5-16(18)20(15)26-19/h3-10H,11-12H2,1-2H3. The summed E-state index contributed by atoms with van der Waals surface area (Å²) in [5.41, 5.74) is 4.00. The first kappa shape index (κ1) is 16.7. The SMILES string of the molecule is COc1ccc(C)cc1COC(=O)c1cc2c(s1)-c1ccccc1OC2. The Morgan fingerprint density at radius 2 is 2.04 bits per heavy atom. The Morgan fingerprint density at radius 1 is 1.19 bits per heavy atom. The van der Waals surface area contributed by atoms with E-state index in [2.05, 4.69) is 0 Å². The fraction of sp³-hybridized carbons (Fsp3) is 0.190. The van der Waals surface area contributed by atoms with Crippen molar-refractivity contribution < 1.29 is 19.0 Å². The number of rotatable bonds is 4. The molecular formula is C21H18O4S. The molecule has 1 aliphatic heterocycles. The second kappa shape index (κ2) is 6.84. The molecule has 2 heterocycles. The second-order valence-electron chi connectivity index (χ2n) is 6.14. The first-order chi connectivity index (χ1) is 12.7. The number of esters is 1. The Morgan fingerprint density at radius 3 is 2.88 bits per heavy atom. The number of hydrogen-bond acceptors (Lipinski definition) is 5. The number of thiophene rings is 1. The van der Waals surface area contributed by atoms with Crippen molar-refractivity contribution in [2.75, 3.05) is 7.11 Å². The lowest BCUT2D eigenvalue weighted by Crippen LogP contribution is -2.05. The van der Waals surface area contributed by atoms with Crippen LogP contribution in [0.5, 0.6) is 11.5 Å². The van der Waals surface area contributed by atoms with Gasteiger partial charge >= 0.3 is 5.97 Å². The normalized spacial score (nSPS) is 11.9. The molecule has 0 saturated heterocycles. The summed E-state index contributed by atoms with van der Waals surface area (Å²) in [5.74, 6) is 1.24. The monoisotopic (exact) mass is 366 g/mol. The van der Waals surface area contributed by atoms with Gasteiger partial charge in [-0.25, -0.2) is 4.79 Å². The maximum atomic E-state index is 12.5. The average Bonchev–Trinajstić information content (AvgIpc) is 3.11. The number of carbonyl (C=O) groups is 1. The second-order valence-corrected chi connectivity index (χ2v) is 7.19. The van der Waals surface area contributed by atoms with Crippen LogP contribution >= 0.6 is 11.3 Å². The molecule has 0 unspecified atom stereocenters. The Balaban J connectivity index is 1.54. The van der Waals surface area contributed by atoms with Gasteiger partial charge in [-0.3, -0.25) is 0 Å². The zero-order chi connectivity index (χ0) is 18.1. The highest BCUT2D eigenvalue weighted by atomic mass is 32.1. The Labute approximate surface area is 156 Å². The van der Waals surface area contributed by atoms with E-state index < -0.39 is 0 Å². The van der Waals surface area contributed by atoms with Crippen molar-refractivity contribution >= 4 is 17.3 Å². The number of benzene rings is 2. The Bertz CT molecular complexity index is 974. The van der Waals surface area contributed by atoms with Crippen LogP contribution in [-0.2, 0) is 18.0 Å². The summed E-state index contributed by atoms with van der Waals surface area (Å²) in [6.45, 7) is 2.65. The summed E-state index contributed by atoms with van der Waals surface area (Å²) in [6.07, 6.45) is 0. The zero-order valence-corrected chi connectivity index (χ0v) is 15.4. The summed E-state index contributed by atoms with van der Waals surface area (Å²) in [4.78, 5) is 14.2.